The molecule has 0 saturated carbocycles. The molecule has 3 heterocycles. The summed E-state index contributed by atoms with van der Waals surface area (Å²) in [5.74, 6) is 0.987. The molecule has 6 heteroatoms. The number of nitrogens with zero attached hydrogens (tertiary/aromatic N) is 4. The fraction of sp³-hybridized carbons (Fsp3) is 0.280. The molecule has 0 radical (unpaired) electrons. The highest BCUT2D eigenvalue weighted by atomic mass is 16.2. The van der Waals surface area contributed by atoms with Gasteiger partial charge in [0, 0.05) is 38.1 Å². The van der Waals surface area contributed by atoms with Gasteiger partial charge in [0.15, 0.2) is 5.82 Å². The molecule has 0 aliphatic carbocycles. The van der Waals surface area contributed by atoms with Crippen molar-refractivity contribution >= 4 is 34.1 Å². The van der Waals surface area contributed by atoms with Crippen LogP contribution in [0.15, 0.2) is 60.8 Å². The smallest absolute Gasteiger partial charge is 0.321 e. The van der Waals surface area contributed by atoms with Crippen molar-refractivity contribution in [1.82, 2.24) is 14.3 Å². The largest absolute Gasteiger partial charge is 0.353 e. The van der Waals surface area contributed by atoms with E-state index in [1.54, 1.807) is 0 Å². The van der Waals surface area contributed by atoms with Gasteiger partial charge < -0.3 is 19.5 Å². The number of amides is 2. The SMILES string of the molecule is Cc1cccc(NC(=O)N2CCCN(c3nc4ccccc4n4cccc34)CC2)c1C. The third-order valence-electron chi connectivity index (χ3n) is 6.27. The van der Waals surface area contributed by atoms with Crippen LogP contribution in [-0.2, 0) is 0 Å². The molecule has 0 atom stereocenters. The van der Waals surface area contributed by atoms with E-state index in [4.69, 9.17) is 4.98 Å². The predicted molar refractivity (Wildman–Crippen MR) is 126 cm³/mol. The lowest BCUT2D eigenvalue weighted by Crippen LogP contribution is -2.38. The van der Waals surface area contributed by atoms with Crippen LogP contribution in [-0.4, -0.2) is 46.5 Å². The van der Waals surface area contributed by atoms with E-state index in [9.17, 15) is 4.79 Å². The molecule has 158 valence electrons. The third-order valence-corrected chi connectivity index (χ3v) is 6.27. The molecule has 1 aliphatic heterocycles. The molecule has 6 nitrogen and oxygen atoms in total. The summed E-state index contributed by atoms with van der Waals surface area (Å²) >= 11 is 0. The van der Waals surface area contributed by atoms with E-state index in [0.29, 0.717) is 6.54 Å². The van der Waals surface area contributed by atoms with Gasteiger partial charge in [-0.15, -0.1) is 0 Å². The maximum Gasteiger partial charge on any atom is 0.321 e. The van der Waals surface area contributed by atoms with Crippen LogP contribution in [0.1, 0.15) is 17.5 Å². The fourth-order valence-corrected chi connectivity index (χ4v) is 4.35. The molecule has 2 aromatic heterocycles. The highest BCUT2D eigenvalue weighted by molar-refractivity contribution is 5.90. The predicted octanol–water partition coefficient (Wildman–Crippen LogP) is 4.85. The van der Waals surface area contributed by atoms with Gasteiger partial charge in [0.2, 0.25) is 0 Å². The number of carbonyl (C=O) groups excluding carboxylic acids is 1. The van der Waals surface area contributed by atoms with Crippen LogP contribution in [0.4, 0.5) is 16.3 Å². The topological polar surface area (TPSA) is 52.9 Å². The first-order valence-corrected chi connectivity index (χ1v) is 10.8. The Balaban J connectivity index is 1.37. The second kappa shape index (κ2) is 7.95. The first kappa shape index (κ1) is 19.4. The van der Waals surface area contributed by atoms with E-state index in [2.05, 4.69) is 58.1 Å². The first-order chi connectivity index (χ1) is 15.1. The molecule has 2 amide bonds. The summed E-state index contributed by atoms with van der Waals surface area (Å²) in [6.07, 6.45) is 2.99. The molecule has 5 rings (SSSR count). The fourth-order valence-electron chi connectivity index (χ4n) is 4.35. The van der Waals surface area contributed by atoms with Crippen molar-refractivity contribution in [2.75, 3.05) is 36.4 Å². The Morgan fingerprint density at radius 3 is 2.65 bits per heavy atom. The number of carbonyl (C=O) groups is 1. The number of hydrogen-bond acceptors (Lipinski definition) is 3. The summed E-state index contributed by atoms with van der Waals surface area (Å²) in [5, 5.41) is 3.10. The Bertz CT molecular complexity index is 1260. The third kappa shape index (κ3) is 3.58. The molecule has 1 saturated heterocycles. The van der Waals surface area contributed by atoms with Crippen molar-refractivity contribution in [1.29, 1.82) is 0 Å². The molecular formula is C25H27N5O. The standard InChI is InChI=1S/C25H27N5O/c1-18-8-5-10-20(19(18)2)27-25(31)29-14-7-13-28(16-17-29)24-23-12-6-15-30(23)22-11-4-3-9-21(22)26-24/h3-6,8-12,15H,7,13-14,16-17H2,1-2H3,(H,27,31). The zero-order chi connectivity index (χ0) is 21.4. The molecule has 2 aromatic carbocycles. The van der Waals surface area contributed by atoms with Crippen LogP contribution in [0, 0.1) is 13.8 Å². The van der Waals surface area contributed by atoms with E-state index >= 15 is 0 Å². The monoisotopic (exact) mass is 413 g/mol. The molecule has 31 heavy (non-hydrogen) atoms. The molecular weight excluding hydrogens is 386 g/mol. The summed E-state index contributed by atoms with van der Waals surface area (Å²) in [5.41, 5.74) is 6.37. The van der Waals surface area contributed by atoms with Gasteiger partial charge in [-0.3, -0.25) is 0 Å². The van der Waals surface area contributed by atoms with Gasteiger partial charge in [-0.2, -0.15) is 0 Å². The summed E-state index contributed by atoms with van der Waals surface area (Å²) in [6, 6.07) is 18.4. The maximum atomic E-state index is 12.9. The van der Waals surface area contributed by atoms with Crippen molar-refractivity contribution in [3.05, 3.63) is 71.9 Å². The van der Waals surface area contributed by atoms with Gasteiger partial charge in [0.05, 0.1) is 16.6 Å². The van der Waals surface area contributed by atoms with E-state index in [1.807, 2.05) is 36.1 Å². The average Bonchev–Trinajstić information content (AvgIpc) is 3.14. The summed E-state index contributed by atoms with van der Waals surface area (Å²) in [6.45, 7) is 7.14. The van der Waals surface area contributed by atoms with Crippen LogP contribution in [0.25, 0.3) is 16.6 Å². The van der Waals surface area contributed by atoms with Crippen LogP contribution in [0.5, 0.6) is 0 Å². The number of anilines is 2. The van der Waals surface area contributed by atoms with Crippen molar-refractivity contribution in [3.63, 3.8) is 0 Å². The van der Waals surface area contributed by atoms with Crippen molar-refractivity contribution in [2.45, 2.75) is 20.3 Å². The van der Waals surface area contributed by atoms with E-state index in [1.165, 1.54) is 5.56 Å². The van der Waals surface area contributed by atoms with Crippen LogP contribution >= 0.6 is 0 Å². The number of aryl methyl sites for hydroxylation is 1. The normalized spacial score (nSPS) is 14.8. The number of benzene rings is 2. The lowest BCUT2D eigenvalue weighted by molar-refractivity contribution is 0.215. The van der Waals surface area contributed by atoms with Gasteiger partial charge in [-0.25, -0.2) is 9.78 Å². The lowest BCUT2D eigenvalue weighted by Gasteiger charge is -2.24. The van der Waals surface area contributed by atoms with E-state index in [-0.39, 0.29) is 6.03 Å². The minimum atomic E-state index is -0.0325. The summed E-state index contributed by atoms with van der Waals surface area (Å²) in [4.78, 5) is 22.2. The van der Waals surface area contributed by atoms with Crippen molar-refractivity contribution in [2.24, 2.45) is 0 Å². The van der Waals surface area contributed by atoms with Crippen LogP contribution < -0.4 is 10.2 Å². The number of hydrogen-bond donors (Lipinski definition) is 1. The molecule has 0 unspecified atom stereocenters. The number of nitrogens with one attached hydrogen (secondary N) is 1. The molecule has 1 aliphatic rings. The van der Waals surface area contributed by atoms with E-state index in [0.717, 1.165) is 59.7 Å². The first-order valence-electron chi connectivity index (χ1n) is 10.8. The highest BCUT2D eigenvalue weighted by Gasteiger charge is 2.22. The molecule has 0 bridgehead atoms. The van der Waals surface area contributed by atoms with Gasteiger partial charge in [-0.1, -0.05) is 24.3 Å². The highest BCUT2D eigenvalue weighted by Crippen LogP contribution is 2.26. The van der Waals surface area contributed by atoms with Crippen LogP contribution in [0.3, 0.4) is 0 Å². The van der Waals surface area contributed by atoms with Gasteiger partial charge in [0.25, 0.3) is 0 Å². The van der Waals surface area contributed by atoms with Gasteiger partial charge >= 0.3 is 6.03 Å². The Morgan fingerprint density at radius 2 is 1.74 bits per heavy atom. The minimum absolute atomic E-state index is 0.0325. The zero-order valence-electron chi connectivity index (χ0n) is 18.0. The number of para-hydroxylation sites is 2. The molecule has 0 spiro atoms. The number of rotatable bonds is 2. The minimum Gasteiger partial charge on any atom is -0.353 e. The Morgan fingerprint density at radius 1 is 0.903 bits per heavy atom. The van der Waals surface area contributed by atoms with E-state index < -0.39 is 0 Å². The number of aromatic nitrogens is 2. The number of fused-ring (bicyclic) bond motifs is 3. The quantitative estimate of drug-likeness (QED) is 0.511. The number of urea groups is 1. The Kier molecular flexibility index (Phi) is 4.98. The maximum absolute atomic E-state index is 12.9. The van der Waals surface area contributed by atoms with Gasteiger partial charge in [0.1, 0.15) is 0 Å². The molecule has 1 N–H and O–H groups in total. The summed E-state index contributed by atoms with van der Waals surface area (Å²) in [7, 11) is 0. The Labute approximate surface area is 182 Å². The Hall–Kier alpha value is -3.54. The average molecular weight is 414 g/mol. The molecule has 1 fully saturated rings. The van der Waals surface area contributed by atoms with Gasteiger partial charge in [-0.05, 0) is 61.7 Å². The molecule has 4 aromatic rings. The van der Waals surface area contributed by atoms with Crippen LogP contribution in [0.2, 0.25) is 0 Å². The van der Waals surface area contributed by atoms with Crippen molar-refractivity contribution in [3.8, 4) is 0 Å². The lowest BCUT2D eigenvalue weighted by atomic mass is 10.1. The zero-order valence-corrected chi connectivity index (χ0v) is 18.0. The van der Waals surface area contributed by atoms with Crippen molar-refractivity contribution < 1.29 is 4.79 Å². The second-order valence-electron chi connectivity index (χ2n) is 8.19. The summed E-state index contributed by atoms with van der Waals surface area (Å²) < 4.78 is 2.20. The second-order valence-corrected chi connectivity index (χ2v) is 8.19.